The van der Waals surface area contributed by atoms with Gasteiger partial charge in [0.2, 0.25) is 10.0 Å². The fourth-order valence-electron chi connectivity index (χ4n) is 1.62. The monoisotopic (exact) mass is 341 g/mol. The molecule has 0 radical (unpaired) electrons. The second-order valence-electron chi connectivity index (χ2n) is 3.49. The summed E-state index contributed by atoms with van der Waals surface area (Å²) >= 11 is 2.18. The molecule has 84 valence electrons. The zero-order valence-corrected chi connectivity index (χ0v) is 11.1. The molecule has 0 aliphatic carbocycles. The Bertz CT molecular complexity index is 442. The van der Waals surface area contributed by atoms with E-state index in [4.69, 9.17) is 0 Å². The van der Waals surface area contributed by atoms with Crippen LogP contribution in [0.4, 0.5) is 0 Å². The van der Waals surface area contributed by atoms with Crippen molar-refractivity contribution < 1.29 is 8.42 Å². The Morgan fingerprint density at radius 3 is 2.80 bits per heavy atom. The summed E-state index contributed by atoms with van der Waals surface area (Å²) in [5.41, 5.74) is 0. The predicted molar refractivity (Wildman–Crippen MR) is 64.9 cm³/mol. The molecule has 2 heterocycles. The molecule has 0 amide bonds. The molecule has 7 heteroatoms. The van der Waals surface area contributed by atoms with Gasteiger partial charge in [-0.15, -0.1) is 0 Å². The van der Waals surface area contributed by atoms with Crippen LogP contribution in [0.15, 0.2) is 12.4 Å². The largest absolute Gasteiger partial charge is 0.270 e. The van der Waals surface area contributed by atoms with E-state index in [1.165, 1.54) is 0 Å². The first kappa shape index (κ1) is 11.3. The SMILES string of the molecule is O=S1(=O)CCCN1CCn1cc(I)cn1. The van der Waals surface area contributed by atoms with Crippen molar-refractivity contribution in [1.82, 2.24) is 14.1 Å². The molecule has 5 nitrogen and oxygen atoms in total. The molecule has 0 N–H and O–H groups in total. The Morgan fingerprint density at radius 2 is 2.27 bits per heavy atom. The van der Waals surface area contributed by atoms with E-state index in [0.717, 1.165) is 9.99 Å². The molecule has 0 aromatic carbocycles. The molecule has 1 aromatic heterocycles. The number of aromatic nitrogens is 2. The molecule has 0 saturated carbocycles. The van der Waals surface area contributed by atoms with E-state index < -0.39 is 10.0 Å². The standard InChI is InChI=1S/C8H12IN3O2S/c9-8-6-10-11(7-8)3-4-12-2-1-5-15(12,13)14/h6-7H,1-5H2. The fourth-order valence-corrected chi connectivity index (χ4v) is 3.58. The summed E-state index contributed by atoms with van der Waals surface area (Å²) in [6.45, 7) is 1.81. The lowest BCUT2D eigenvalue weighted by Gasteiger charge is -2.13. The van der Waals surface area contributed by atoms with E-state index in [2.05, 4.69) is 27.7 Å². The Kier molecular flexibility index (Phi) is 3.31. The second kappa shape index (κ2) is 4.38. The molecule has 15 heavy (non-hydrogen) atoms. The topological polar surface area (TPSA) is 55.2 Å². The molecule has 1 aliphatic rings. The summed E-state index contributed by atoms with van der Waals surface area (Å²) in [5.74, 6) is 0.295. The normalized spacial score (nSPS) is 20.9. The second-order valence-corrected chi connectivity index (χ2v) is 6.82. The van der Waals surface area contributed by atoms with Crippen molar-refractivity contribution in [3.05, 3.63) is 16.0 Å². The van der Waals surface area contributed by atoms with E-state index in [-0.39, 0.29) is 0 Å². The van der Waals surface area contributed by atoms with Gasteiger partial charge in [0, 0.05) is 19.3 Å². The van der Waals surface area contributed by atoms with Crippen LogP contribution in [0.25, 0.3) is 0 Å². The Balaban J connectivity index is 1.94. The van der Waals surface area contributed by atoms with E-state index >= 15 is 0 Å². The predicted octanol–water partition coefficient (Wildman–Crippen LogP) is 0.523. The maximum atomic E-state index is 11.5. The van der Waals surface area contributed by atoms with Gasteiger partial charge in [-0.3, -0.25) is 4.68 Å². The molecular formula is C8H12IN3O2S. The maximum Gasteiger partial charge on any atom is 0.214 e. The lowest BCUT2D eigenvalue weighted by Crippen LogP contribution is -2.29. The lowest BCUT2D eigenvalue weighted by molar-refractivity contribution is 0.409. The Labute approximate surface area is 103 Å². The highest BCUT2D eigenvalue weighted by atomic mass is 127. The smallest absolute Gasteiger partial charge is 0.214 e. The van der Waals surface area contributed by atoms with Gasteiger partial charge in [-0.25, -0.2) is 12.7 Å². The average Bonchev–Trinajstić information content (AvgIpc) is 2.69. The van der Waals surface area contributed by atoms with Crippen LogP contribution in [-0.4, -0.2) is 41.3 Å². The first-order chi connectivity index (χ1) is 7.08. The van der Waals surface area contributed by atoms with E-state index in [1.54, 1.807) is 15.2 Å². The van der Waals surface area contributed by atoms with Crippen LogP contribution in [0.1, 0.15) is 6.42 Å². The summed E-state index contributed by atoms with van der Waals surface area (Å²) in [4.78, 5) is 0. The van der Waals surface area contributed by atoms with Crippen LogP contribution >= 0.6 is 22.6 Å². The summed E-state index contributed by atoms with van der Waals surface area (Å²) in [7, 11) is -2.96. The van der Waals surface area contributed by atoms with E-state index in [1.807, 2.05) is 6.20 Å². The molecule has 1 aromatic rings. The number of halogens is 1. The number of hydrogen-bond donors (Lipinski definition) is 0. The van der Waals surface area contributed by atoms with Crippen molar-refractivity contribution >= 4 is 32.6 Å². The average molecular weight is 341 g/mol. The Hall–Kier alpha value is -0.150. The van der Waals surface area contributed by atoms with E-state index in [9.17, 15) is 8.42 Å². The third kappa shape index (κ3) is 2.70. The molecule has 0 bridgehead atoms. The molecule has 1 aliphatic heterocycles. The molecule has 1 fully saturated rings. The molecular weight excluding hydrogens is 329 g/mol. The van der Waals surface area contributed by atoms with Crippen LogP contribution in [0.2, 0.25) is 0 Å². The molecule has 2 rings (SSSR count). The number of rotatable bonds is 3. The summed E-state index contributed by atoms with van der Waals surface area (Å²) in [5, 5.41) is 4.11. The third-order valence-electron chi connectivity index (χ3n) is 2.38. The van der Waals surface area contributed by atoms with E-state index in [0.29, 0.717) is 25.4 Å². The van der Waals surface area contributed by atoms with Crippen LogP contribution in [-0.2, 0) is 16.6 Å². The minimum Gasteiger partial charge on any atom is -0.270 e. The first-order valence-corrected chi connectivity index (χ1v) is 7.42. The van der Waals surface area contributed by atoms with Gasteiger partial charge >= 0.3 is 0 Å². The van der Waals surface area contributed by atoms with Gasteiger partial charge in [0.1, 0.15) is 0 Å². The zero-order chi connectivity index (χ0) is 10.9. The van der Waals surface area contributed by atoms with Crippen molar-refractivity contribution in [3.63, 3.8) is 0 Å². The van der Waals surface area contributed by atoms with Crippen LogP contribution < -0.4 is 0 Å². The highest BCUT2D eigenvalue weighted by Crippen LogP contribution is 2.12. The number of hydrogen-bond acceptors (Lipinski definition) is 3. The van der Waals surface area contributed by atoms with Crippen molar-refractivity contribution in [2.75, 3.05) is 18.8 Å². The van der Waals surface area contributed by atoms with Gasteiger partial charge < -0.3 is 0 Å². The highest BCUT2D eigenvalue weighted by molar-refractivity contribution is 14.1. The summed E-state index contributed by atoms with van der Waals surface area (Å²) in [6, 6.07) is 0. The fraction of sp³-hybridized carbons (Fsp3) is 0.625. The van der Waals surface area contributed by atoms with Crippen LogP contribution in [0.5, 0.6) is 0 Å². The maximum absolute atomic E-state index is 11.5. The van der Waals surface area contributed by atoms with Gasteiger partial charge in [0.15, 0.2) is 0 Å². The zero-order valence-electron chi connectivity index (χ0n) is 8.13. The summed E-state index contributed by atoms with van der Waals surface area (Å²) < 4.78 is 27.3. The van der Waals surface area contributed by atoms with Crippen molar-refractivity contribution in [1.29, 1.82) is 0 Å². The number of nitrogens with zero attached hydrogens (tertiary/aromatic N) is 3. The van der Waals surface area contributed by atoms with Crippen LogP contribution in [0.3, 0.4) is 0 Å². The van der Waals surface area contributed by atoms with Crippen molar-refractivity contribution in [2.45, 2.75) is 13.0 Å². The highest BCUT2D eigenvalue weighted by Gasteiger charge is 2.27. The quantitative estimate of drug-likeness (QED) is 0.754. The molecule has 1 saturated heterocycles. The molecule has 0 atom stereocenters. The van der Waals surface area contributed by atoms with Gasteiger partial charge in [0.05, 0.1) is 22.1 Å². The van der Waals surface area contributed by atoms with Gasteiger partial charge in [-0.2, -0.15) is 5.10 Å². The van der Waals surface area contributed by atoms with Crippen LogP contribution in [0, 0.1) is 3.57 Å². The van der Waals surface area contributed by atoms with Gasteiger partial charge in [-0.05, 0) is 29.0 Å². The summed E-state index contributed by atoms with van der Waals surface area (Å²) in [6.07, 6.45) is 4.42. The minimum absolute atomic E-state index is 0.295. The first-order valence-electron chi connectivity index (χ1n) is 4.74. The Morgan fingerprint density at radius 1 is 1.47 bits per heavy atom. The molecule has 0 unspecified atom stereocenters. The third-order valence-corrected chi connectivity index (χ3v) is 4.90. The minimum atomic E-state index is -2.96. The lowest BCUT2D eigenvalue weighted by atomic mass is 10.5. The van der Waals surface area contributed by atoms with Crippen molar-refractivity contribution in [3.8, 4) is 0 Å². The van der Waals surface area contributed by atoms with Gasteiger partial charge in [-0.1, -0.05) is 0 Å². The number of sulfonamides is 1. The van der Waals surface area contributed by atoms with Crippen molar-refractivity contribution in [2.24, 2.45) is 0 Å². The van der Waals surface area contributed by atoms with Gasteiger partial charge in [0.25, 0.3) is 0 Å². The molecule has 0 spiro atoms.